The molecule has 5 atom stereocenters. The molecule has 0 spiro atoms. The number of aliphatic hydroxyl groups excluding tert-OH is 1. The third-order valence-corrected chi connectivity index (χ3v) is 6.21. The number of hydrogen-bond acceptors (Lipinski definition) is 4. The smallest absolute Gasteiger partial charge is 0.162 e. The Morgan fingerprint density at radius 3 is 2.89 bits per heavy atom. The Kier molecular flexibility index (Phi) is 3.35. The van der Waals surface area contributed by atoms with E-state index in [1.807, 2.05) is 0 Å². The van der Waals surface area contributed by atoms with Gasteiger partial charge in [-0.25, -0.2) is 4.99 Å². The lowest BCUT2D eigenvalue weighted by molar-refractivity contribution is 0.143. The van der Waals surface area contributed by atoms with Crippen LogP contribution in [-0.2, 0) is 0 Å². The average Bonchev–Trinajstić information content (AvgIpc) is 2.96. The first kappa shape index (κ1) is 12.8. The Morgan fingerprint density at radius 1 is 1.44 bits per heavy atom. The van der Waals surface area contributed by atoms with Crippen LogP contribution in [-0.4, -0.2) is 27.3 Å². The van der Waals surface area contributed by atoms with Gasteiger partial charge in [0.2, 0.25) is 0 Å². The first-order valence-corrected chi connectivity index (χ1v) is 8.14. The summed E-state index contributed by atoms with van der Waals surface area (Å²) in [6.45, 7) is 4.30. The largest absolute Gasteiger partial charge is 0.370 e. The van der Waals surface area contributed by atoms with Crippen molar-refractivity contribution in [2.75, 3.05) is 0 Å². The maximum absolute atomic E-state index is 10.1. The highest BCUT2D eigenvalue weighted by molar-refractivity contribution is 8.15. The van der Waals surface area contributed by atoms with Crippen molar-refractivity contribution in [2.24, 2.45) is 16.8 Å². The molecule has 0 aromatic heterocycles. The molecule has 18 heavy (non-hydrogen) atoms. The second kappa shape index (κ2) is 4.71. The summed E-state index contributed by atoms with van der Waals surface area (Å²) in [5.41, 5.74) is 0. The Balaban J connectivity index is 1.60. The van der Waals surface area contributed by atoms with E-state index in [1.54, 1.807) is 11.8 Å². The van der Waals surface area contributed by atoms with Gasteiger partial charge in [-0.1, -0.05) is 31.5 Å². The number of aliphatic hydroxyl groups is 1. The summed E-state index contributed by atoms with van der Waals surface area (Å²) < 4.78 is -0.116. The van der Waals surface area contributed by atoms with Gasteiger partial charge >= 0.3 is 0 Å². The minimum atomic E-state index is -0.538. The van der Waals surface area contributed by atoms with Gasteiger partial charge in [-0.05, 0) is 44.4 Å². The number of aliphatic imine (C=N–C) groups is 1. The summed E-state index contributed by atoms with van der Waals surface area (Å²) in [5, 5.41) is 14.7. The number of amidine groups is 1. The zero-order valence-electron chi connectivity index (χ0n) is 11.4. The van der Waals surface area contributed by atoms with E-state index in [0.29, 0.717) is 6.04 Å². The molecule has 0 saturated heterocycles. The molecule has 0 aromatic carbocycles. The van der Waals surface area contributed by atoms with Gasteiger partial charge in [0.05, 0.1) is 4.75 Å². The summed E-state index contributed by atoms with van der Waals surface area (Å²) in [4.78, 5) is 4.43. The average molecular weight is 268 g/mol. The Labute approximate surface area is 114 Å². The number of hydrogen-bond donors (Lipinski definition) is 2. The number of thioether (sulfide) groups is 1. The second-order valence-electron chi connectivity index (χ2n) is 6.40. The highest BCUT2D eigenvalue weighted by atomic mass is 32.2. The molecule has 5 unspecified atom stereocenters. The van der Waals surface area contributed by atoms with Crippen LogP contribution in [0.1, 0.15) is 52.4 Å². The van der Waals surface area contributed by atoms with E-state index in [0.717, 1.165) is 29.8 Å². The van der Waals surface area contributed by atoms with Crippen LogP contribution in [0, 0.1) is 11.8 Å². The van der Waals surface area contributed by atoms with Gasteiger partial charge in [-0.15, -0.1) is 0 Å². The van der Waals surface area contributed by atoms with Gasteiger partial charge in [-0.2, -0.15) is 0 Å². The highest BCUT2D eigenvalue weighted by Gasteiger charge is 2.44. The topological polar surface area (TPSA) is 44.6 Å². The maximum Gasteiger partial charge on any atom is 0.162 e. The lowest BCUT2D eigenvalue weighted by Gasteiger charge is -2.26. The molecule has 2 N–H and O–H groups in total. The Bertz CT molecular complexity index is 360. The van der Waals surface area contributed by atoms with Crippen molar-refractivity contribution >= 4 is 16.9 Å². The third kappa shape index (κ3) is 2.18. The van der Waals surface area contributed by atoms with Crippen LogP contribution in [0.2, 0.25) is 0 Å². The van der Waals surface area contributed by atoms with Gasteiger partial charge in [0.1, 0.15) is 0 Å². The number of nitrogens with one attached hydrogen (secondary N) is 1. The number of nitrogens with zero attached hydrogens (tertiary/aromatic N) is 1. The number of fused-ring (bicyclic) bond motifs is 2. The van der Waals surface area contributed by atoms with Crippen molar-refractivity contribution in [1.29, 1.82) is 0 Å². The third-order valence-electron chi connectivity index (χ3n) is 4.91. The fourth-order valence-electron chi connectivity index (χ4n) is 3.87. The zero-order valence-corrected chi connectivity index (χ0v) is 12.2. The van der Waals surface area contributed by atoms with E-state index in [9.17, 15) is 5.11 Å². The molecule has 0 amide bonds. The Morgan fingerprint density at radius 2 is 2.28 bits per heavy atom. The molecule has 3 nitrogen and oxygen atoms in total. The van der Waals surface area contributed by atoms with Crippen molar-refractivity contribution in [3.05, 3.63) is 0 Å². The van der Waals surface area contributed by atoms with Crippen LogP contribution in [0.25, 0.3) is 0 Å². The first-order valence-electron chi connectivity index (χ1n) is 7.32. The fraction of sp³-hybridized carbons (Fsp3) is 0.929. The second-order valence-corrected chi connectivity index (χ2v) is 7.92. The van der Waals surface area contributed by atoms with Crippen molar-refractivity contribution in [3.63, 3.8) is 0 Å². The van der Waals surface area contributed by atoms with Crippen LogP contribution >= 0.6 is 11.8 Å². The van der Waals surface area contributed by atoms with E-state index in [1.165, 1.54) is 25.7 Å². The van der Waals surface area contributed by atoms with Crippen LogP contribution in [0.15, 0.2) is 4.99 Å². The molecule has 0 aromatic rings. The van der Waals surface area contributed by atoms with Crippen molar-refractivity contribution < 1.29 is 5.11 Å². The minimum absolute atomic E-state index is 0.116. The summed E-state index contributed by atoms with van der Waals surface area (Å²) in [7, 11) is 0. The molecule has 0 radical (unpaired) electrons. The SMILES string of the molecule is CCCC1(C)SC(NC2CC3CCC2C3)=NC1O. The van der Waals surface area contributed by atoms with Crippen molar-refractivity contribution in [3.8, 4) is 0 Å². The summed E-state index contributed by atoms with van der Waals surface area (Å²) in [6, 6.07) is 0.617. The molecule has 102 valence electrons. The fourth-order valence-corrected chi connectivity index (χ4v) is 5.14. The highest BCUT2D eigenvalue weighted by Crippen LogP contribution is 2.46. The molecular formula is C14H24N2OS. The quantitative estimate of drug-likeness (QED) is 0.827. The molecule has 2 aliphatic carbocycles. The van der Waals surface area contributed by atoms with E-state index in [4.69, 9.17) is 0 Å². The van der Waals surface area contributed by atoms with Crippen molar-refractivity contribution in [2.45, 2.75) is 69.4 Å². The number of rotatable bonds is 3. The normalized spacial score (nSPS) is 46.5. The maximum atomic E-state index is 10.1. The first-order chi connectivity index (χ1) is 8.60. The van der Waals surface area contributed by atoms with Crippen LogP contribution < -0.4 is 5.32 Å². The van der Waals surface area contributed by atoms with Crippen LogP contribution in [0.4, 0.5) is 0 Å². The van der Waals surface area contributed by atoms with Gasteiger partial charge < -0.3 is 10.4 Å². The lowest BCUT2D eigenvalue weighted by atomic mass is 9.96. The van der Waals surface area contributed by atoms with E-state index in [-0.39, 0.29) is 4.75 Å². The van der Waals surface area contributed by atoms with Gasteiger partial charge in [-0.3, -0.25) is 0 Å². The Hall–Kier alpha value is -0.220. The molecule has 1 aliphatic heterocycles. The van der Waals surface area contributed by atoms with Gasteiger partial charge in [0, 0.05) is 6.04 Å². The predicted molar refractivity (Wildman–Crippen MR) is 76.7 cm³/mol. The molecule has 4 heteroatoms. The van der Waals surface area contributed by atoms with Crippen LogP contribution in [0.5, 0.6) is 0 Å². The van der Waals surface area contributed by atoms with Crippen molar-refractivity contribution in [1.82, 2.24) is 5.32 Å². The van der Waals surface area contributed by atoms with E-state index < -0.39 is 6.23 Å². The standard InChI is InChI=1S/C14H24N2OS/c1-3-6-14(2)12(17)16-13(18-14)15-11-8-9-4-5-10(11)7-9/h9-12,17H,3-8H2,1-2H3,(H,15,16). The molecular weight excluding hydrogens is 244 g/mol. The predicted octanol–water partition coefficient (Wildman–Crippen LogP) is 2.74. The van der Waals surface area contributed by atoms with Gasteiger partial charge in [0.25, 0.3) is 0 Å². The molecule has 2 bridgehead atoms. The zero-order chi connectivity index (χ0) is 12.8. The summed E-state index contributed by atoms with van der Waals surface area (Å²) >= 11 is 1.75. The molecule has 2 saturated carbocycles. The molecule has 1 heterocycles. The van der Waals surface area contributed by atoms with Gasteiger partial charge in [0.15, 0.2) is 11.4 Å². The summed E-state index contributed by atoms with van der Waals surface area (Å²) in [6.07, 6.45) is 7.11. The molecule has 3 aliphatic rings. The monoisotopic (exact) mass is 268 g/mol. The molecule has 3 rings (SSSR count). The minimum Gasteiger partial charge on any atom is -0.370 e. The van der Waals surface area contributed by atoms with E-state index in [2.05, 4.69) is 24.2 Å². The van der Waals surface area contributed by atoms with E-state index >= 15 is 0 Å². The summed E-state index contributed by atoms with van der Waals surface area (Å²) in [5.74, 6) is 1.81. The lowest BCUT2D eigenvalue weighted by Crippen LogP contribution is -2.37. The van der Waals surface area contributed by atoms with Crippen LogP contribution in [0.3, 0.4) is 0 Å². The molecule has 2 fully saturated rings.